The molecule has 0 radical (unpaired) electrons. The highest BCUT2D eigenvalue weighted by Gasteiger charge is 2.21. The molecule has 0 bridgehead atoms. The second-order valence-electron chi connectivity index (χ2n) is 6.67. The fourth-order valence-electron chi connectivity index (χ4n) is 3.29. The summed E-state index contributed by atoms with van der Waals surface area (Å²) in [6.45, 7) is 5.38. The van der Waals surface area contributed by atoms with Gasteiger partial charge in [-0.1, -0.05) is 12.1 Å². The number of hydrogen-bond donors (Lipinski definition) is 2. The number of likely N-dealkylation sites (tertiary alicyclic amines) is 1. The number of hydrogen-bond acceptors (Lipinski definition) is 4. The molecule has 1 amide bonds. The third-order valence-corrected chi connectivity index (χ3v) is 4.76. The van der Waals surface area contributed by atoms with Crippen molar-refractivity contribution in [1.82, 2.24) is 10.2 Å². The van der Waals surface area contributed by atoms with Crippen molar-refractivity contribution in [3.8, 4) is 0 Å². The predicted molar refractivity (Wildman–Crippen MR) is 110 cm³/mol. The number of piperidine rings is 1. The van der Waals surface area contributed by atoms with E-state index in [1.165, 1.54) is 6.26 Å². The highest BCUT2D eigenvalue weighted by molar-refractivity contribution is 6.02. The zero-order valence-electron chi connectivity index (χ0n) is 16.5. The standard InChI is InChI=1S/C21H28N4O3/c1-3-27-18-10-12-25(13-11-18)21(22-2)23-15-16-6-8-17(9-7-16)24-20(26)19-5-4-14-28-19/h4-9,14,18H,3,10-13,15H2,1-2H3,(H,22,23)(H,24,26). The summed E-state index contributed by atoms with van der Waals surface area (Å²) in [5.74, 6) is 0.944. The van der Waals surface area contributed by atoms with Gasteiger partial charge in [0.2, 0.25) is 0 Å². The lowest BCUT2D eigenvalue weighted by molar-refractivity contribution is 0.0263. The Balaban J connectivity index is 1.48. The number of nitrogens with zero attached hydrogens (tertiary/aromatic N) is 2. The minimum absolute atomic E-state index is 0.258. The van der Waals surface area contributed by atoms with Crippen LogP contribution in [0.4, 0.5) is 5.69 Å². The van der Waals surface area contributed by atoms with Gasteiger partial charge in [-0.2, -0.15) is 0 Å². The van der Waals surface area contributed by atoms with Crippen LogP contribution in [0.15, 0.2) is 52.1 Å². The minimum atomic E-state index is -0.258. The molecule has 1 saturated heterocycles. The summed E-state index contributed by atoms with van der Waals surface area (Å²) in [7, 11) is 1.81. The summed E-state index contributed by atoms with van der Waals surface area (Å²) in [6.07, 6.45) is 3.90. The Bertz CT molecular complexity index is 763. The number of rotatable bonds is 6. The average Bonchev–Trinajstić information content (AvgIpc) is 3.26. The van der Waals surface area contributed by atoms with Crippen LogP contribution in [-0.4, -0.2) is 49.6 Å². The number of guanidine groups is 1. The van der Waals surface area contributed by atoms with Gasteiger partial charge >= 0.3 is 0 Å². The molecule has 0 spiro atoms. The smallest absolute Gasteiger partial charge is 0.291 e. The molecule has 7 nitrogen and oxygen atoms in total. The van der Waals surface area contributed by atoms with E-state index in [9.17, 15) is 4.79 Å². The number of aliphatic imine (C=N–C) groups is 1. The first kappa shape index (κ1) is 19.9. The predicted octanol–water partition coefficient (Wildman–Crippen LogP) is 3.11. The first-order valence-corrected chi connectivity index (χ1v) is 9.70. The molecule has 1 aliphatic heterocycles. The van der Waals surface area contributed by atoms with Crippen LogP contribution in [0.5, 0.6) is 0 Å². The normalized spacial score (nSPS) is 15.5. The van der Waals surface area contributed by atoms with Crippen molar-refractivity contribution in [3.05, 3.63) is 54.0 Å². The lowest BCUT2D eigenvalue weighted by atomic mass is 10.1. The zero-order chi connectivity index (χ0) is 19.8. The van der Waals surface area contributed by atoms with Crippen LogP contribution >= 0.6 is 0 Å². The van der Waals surface area contributed by atoms with E-state index in [-0.39, 0.29) is 5.91 Å². The number of amides is 1. The summed E-state index contributed by atoms with van der Waals surface area (Å²) in [4.78, 5) is 18.7. The van der Waals surface area contributed by atoms with Crippen molar-refractivity contribution in [2.75, 3.05) is 32.1 Å². The Morgan fingerprint density at radius 1 is 1.25 bits per heavy atom. The number of anilines is 1. The van der Waals surface area contributed by atoms with Crippen LogP contribution < -0.4 is 10.6 Å². The molecular weight excluding hydrogens is 356 g/mol. The van der Waals surface area contributed by atoms with Gasteiger partial charge in [0.05, 0.1) is 12.4 Å². The summed E-state index contributed by atoms with van der Waals surface area (Å²) < 4.78 is 10.8. The summed E-state index contributed by atoms with van der Waals surface area (Å²) in [5.41, 5.74) is 1.84. The van der Waals surface area contributed by atoms with E-state index in [4.69, 9.17) is 9.15 Å². The van der Waals surface area contributed by atoms with Crippen LogP contribution in [0.25, 0.3) is 0 Å². The Labute approximate surface area is 165 Å². The molecule has 0 aliphatic carbocycles. The average molecular weight is 384 g/mol. The maximum Gasteiger partial charge on any atom is 0.291 e. The van der Waals surface area contributed by atoms with Crippen molar-refractivity contribution in [1.29, 1.82) is 0 Å². The second-order valence-corrected chi connectivity index (χ2v) is 6.67. The van der Waals surface area contributed by atoms with Crippen LogP contribution in [0.2, 0.25) is 0 Å². The van der Waals surface area contributed by atoms with Gasteiger partial charge in [0, 0.05) is 39.0 Å². The minimum Gasteiger partial charge on any atom is -0.459 e. The molecule has 7 heteroatoms. The van der Waals surface area contributed by atoms with Crippen LogP contribution in [0.1, 0.15) is 35.9 Å². The van der Waals surface area contributed by atoms with E-state index >= 15 is 0 Å². The molecule has 3 rings (SSSR count). The van der Waals surface area contributed by atoms with Gasteiger partial charge in [0.1, 0.15) is 0 Å². The second kappa shape index (κ2) is 9.94. The van der Waals surface area contributed by atoms with E-state index in [2.05, 4.69) is 20.5 Å². The van der Waals surface area contributed by atoms with Crippen molar-refractivity contribution >= 4 is 17.6 Å². The van der Waals surface area contributed by atoms with Crippen LogP contribution in [0.3, 0.4) is 0 Å². The Morgan fingerprint density at radius 2 is 2.00 bits per heavy atom. The van der Waals surface area contributed by atoms with E-state index < -0.39 is 0 Å². The van der Waals surface area contributed by atoms with E-state index in [0.29, 0.717) is 18.4 Å². The van der Waals surface area contributed by atoms with E-state index in [0.717, 1.165) is 49.7 Å². The molecule has 2 heterocycles. The molecule has 1 aromatic carbocycles. The van der Waals surface area contributed by atoms with Crippen LogP contribution in [-0.2, 0) is 11.3 Å². The van der Waals surface area contributed by atoms with E-state index in [1.807, 2.05) is 38.2 Å². The van der Waals surface area contributed by atoms with Crippen molar-refractivity contribution in [3.63, 3.8) is 0 Å². The number of ether oxygens (including phenoxy) is 1. The number of carbonyl (C=O) groups is 1. The lowest BCUT2D eigenvalue weighted by Gasteiger charge is -2.34. The van der Waals surface area contributed by atoms with Gasteiger partial charge in [-0.3, -0.25) is 9.79 Å². The van der Waals surface area contributed by atoms with Gasteiger partial charge < -0.3 is 24.7 Å². The lowest BCUT2D eigenvalue weighted by Crippen LogP contribution is -2.46. The molecule has 28 heavy (non-hydrogen) atoms. The fourth-order valence-corrected chi connectivity index (χ4v) is 3.29. The largest absolute Gasteiger partial charge is 0.459 e. The van der Waals surface area contributed by atoms with Gasteiger partial charge in [0.25, 0.3) is 5.91 Å². The molecule has 1 aliphatic rings. The zero-order valence-corrected chi connectivity index (χ0v) is 16.5. The maximum absolute atomic E-state index is 12.0. The quantitative estimate of drug-likeness (QED) is 0.591. The molecule has 0 atom stereocenters. The number of benzene rings is 1. The third-order valence-electron chi connectivity index (χ3n) is 4.76. The molecule has 1 fully saturated rings. The highest BCUT2D eigenvalue weighted by atomic mass is 16.5. The number of nitrogens with one attached hydrogen (secondary N) is 2. The fraction of sp³-hybridized carbons (Fsp3) is 0.429. The van der Waals surface area contributed by atoms with Gasteiger partial charge in [-0.15, -0.1) is 0 Å². The summed E-state index contributed by atoms with van der Waals surface area (Å²) in [6, 6.07) is 11.1. The van der Waals surface area contributed by atoms with Crippen molar-refractivity contribution in [2.45, 2.75) is 32.4 Å². The molecule has 2 N–H and O–H groups in total. The van der Waals surface area contributed by atoms with Crippen LogP contribution in [0, 0.1) is 0 Å². The molecule has 2 aromatic rings. The molecule has 1 aromatic heterocycles. The van der Waals surface area contributed by atoms with Gasteiger partial charge in [0.15, 0.2) is 11.7 Å². The number of furan rings is 1. The third kappa shape index (κ3) is 5.36. The molecular formula is C21H28N4O3. The first-order chi connectivity index (χ1) is 13.7. The summed E-state index contributed by atoms with van der Waals surface area (Å²) in [5, 5.41) is 6.23. The monoisotopic (exact) mass is 384 g/mol. The maximum atomic E-state index is 12.0. The molecule has 150 valence electrons. The van der Waals surface area contributed by atoms with E-state index in [1.54, 1.807) is 12.1 Å². The van der Waals surface area contributed by atoms with Gasteiger partial charge in [-0.05, 0) is 49.6 Å². The summed E-state index contributed by atoms with van der Waals surface area (Å²) >= 11 is 0. The Kier molecular flexibility index (Phi) is 7.08. The topological polar surface area (TPSA) is 79.1 Å². The van der Waals surface area contributed by atoms with Crippen molar-refractivity contribution in [2.24, 2.45) is 4.99 Å². The van der Waals surface area contributed by atoms with Crippen molar-refractivity contribution < 1.29 is 13.9 Å². The highest BCUT2D eigenvalue weighted by Crippen LogP contribution is 2.15. The Morgan fingerprint density at radius 3 is 2.61 bits per heavy atom. The Hall–Kier alpha value is -2.80. The SMILES string of the molecule is CCOC1CCN(C(=NC)NCc2ccc(NC(=O)c3ccco3)cc2)CC1. The molecule has 0 unspecified atom stereocenters. The first-order valence-electron chi connectivity index (χ1n) is 9.70. The van der Waals surface area contributed by atoms with Gasteiger partial charge in [-0.25, -0.2) is 0 Å². The molecule has 0 saturated carbocycles. The number of carbonyl (C=O) groups excluding carboxylic acids is 1.